The molecule has 0 saturated heterocycles. The first-order chi connectivity index (χ1) is 9.57. The van der Waals surface area contributed by atoms with Gasteiger partial charge in [-0.2, -0.15) is 6.04 Å². The van der Waals surface area contributed by atoms with E-state index in [4.69, 9.17) is 5.73 Å². The van der Waals surface area contributed by atoms with Crippen LogP contribution in [0.1, 0.15) is 57.8 Å². The van der Waals surface area contributed by atoms with Gasteiger partial charge in [-0.1, -0.05) is 44.9 Å². The molecule has 2 aliphatic carbocycles. The average molecular weight is 424 g/mol. The van der Waals surface area contributed by atoms with Crippen LogP contribution >= 0.6 is 9.69 Å². The monoisotopic (exact) mass is 424 g/mol. The van der Waals surface area contributed by atoms with Crippen LogP contribution in [-0.2, 0) is 27.3 Å². The largest absolute Gasteiger partial charge is 0.676 e. The number of nitrogens with one attached hydrogen (secondary N) is 1. The molecular weight excluding hydrogens is 397 g/mol. The van der Waals surface area contributed by atoms with Crippen LogP contribution in [-0.4, -0.2) is 26.3 Å². The van der Waals surface area contributed by atoms with E-state index in [9.17, 15) is 8.42 Å². The molecule has 0 heterocycles. The van der Waals surface area contributed by atoms with E-state index in [2.05, 4.69) is 14.4 Å². The second-order valence-corrected chi connectivity index (χ2v) is 7.52. The Balaban J connectivity index is 0.00000128. The SMILES string of the molecule is [CH3-].[Cl][Ru+3].[NH-]C1CCCCC1[N-]S(=O)(=O)CC1CCCCC1. The molecule has 0 radical (unpaired) electrons. The molecule has 2 rings (SSSR count). The van der Waals surface area contributed by atoms with Gasteiger partial charge in [0.25, 0.3) is 0 Å². The van der Waals surface area contributed by atoms with Crippen molar-refractivity contribution >= 4 is 19.7 Å². The van der Waals surface area contributed by atoms with Gasteiger partial charge >= 0.3 is 27.0 Å². The molecule has 2 atom stereocenters. The maximum Gasteiger partial charge on any atom is 0.0726 e. The van der Waals surface area contributed by atoms with Crippen LogP contribution in [0.3, 0.4) is 0 Å². The van der Waals surface area contributed by atoms with Crippen molar-refractivity contribution < 1.29 is 25.7 Å². The summed E-state index contributed by atoms with van der Waals surface area (Å²) >= 11 is 1.82. The van der Waals surface area contributed by atoms with Gasteiger partial charge < -0.3 is 17.9 Å². The van der Waals surface area contributed by atoms with Gasteiger partial charge in [0.15, 0.2) is 0 Å². The van der Waals surface area contributed by atoms with Crippen LogP contribution in [0.2, 0.25) is 0 Å². The van der Waals surface area contributed by atoms with Crippen LogP contribution in [0, 0.1) is 13.3 Å². The number of hydrogen-bond acceptors (Lipinski definition) is 2. The van der Waals surface area contributed by atoms with Crippen molar-refractivity contribution in [1.82, 2.24) is 0 Å². The van der Waals surface area contributed by atoms with Gasteiger partial charge in [-0.15, -0.1) is 6.04 Å². The molecule has 0 aromatic heterocycles. The Hall–Kier alpha value is 0.783. The molecule has 2 saturated carbocycles. The third-order valence-corrected chi connectivity index (χ3v) is 5.68. The summed E-state index contributed by atoms with van der Waals surface area (Å²) in [5.41, 5.74) is 7.87. The van der Waals surface area contributed by atoms with Crippen LogP contribution in [0.5, 0.6) is 0 Å². The topological polar surface area (TPSA) is 72.0 Å². The summed E-state index contributed by atoms with van der Waals surface area (Å²) in [4.78, 5) is 0. The van der Waals surface area contributed by atoms with Crippen molar-refractivity contribution in [3.05, 3.63) is 17.9 Å². The molecule has 2 aliphatic rings. The molecular formula is C14H27ClN2O2RuS. The molecule has 7 heteroatoms. The minimum absolute atomic E-state index is 0. The summed E-state index contributed by atoms with van der Waals surface area (Å²) in [6.07, 6.45) is 9.25. The van der Waals surface area contributed by atoms with E-state index in [-0.39, 0.29) is 25.3 Å². The fraction of sp³-hybridized carbons (Fsp3) is 0.929. The van der Waals surface area contributed by atoms with Gasteiger partial charge in [-0.3, -0.25) is 0 Å². The third-order valence-electron chi connectivity index (χ3n) is 4.20. The van der Waals surface area contributed by atoms with Crippen molar-refractivity contribution in [1.29, 1.82) is 0 Å². The summed E-state index contributed by atoms with van der Waals surface area (Å²) in [5, 5.41) is 0. The fourth-order valence-electron chi connectivity index (χ4n) is 3.14. The van der Waals surface area contributed by atoms with E-state index in [1.54, 1.807) is 0 Å². The predicted molar refractivity (Wildman–Crippen MR) is 86.4 cm³/mol. The first kappa shape index (κ1) is 21.8. The van der Waals surface area contributed by atoms with Gasteiger partial charge in [-0.05, 0) is 18.8 Å². The Morgan fingerprint density at radius 2 is 1.52 bits per heavy atom. The number of sulfonamides is 1. The second kappa shape index (κ2) is 11.3. The zero-order valence-corrected chi connectivity index (χ0v) is 16.0. The molecule has 0 spiro atoms. The van der Waals surface area contributed by atoms with Crippen molar-refractivity contribution in [2.24, 2.45) is 5.92 Å². The van der Waals surface area contributed by atoms with E-state index >= 15 is 0 Å². The Kier molecular flexibility index (Phi) is 11.8. The van der Waals surface area contributed by atoms with Gasteiger partial charge in [0.05, 0.1) is 10.0 Å². The van der Waals surface area contributed by atoms with Crippen LogP contribution in [0.25, 0.3) is 10.5 Å². The molecule has 1 N–H and O–H groups in total. The zero-order valence-electron chi connectivity index (χ0n) is 12.7. The molecule has 0 bridgehead atoms. The van der Waals surface area contributed by atoms with E-state index in [1.807, 2.05) is 17.3 Å². The number of rotatable bonds is 4. The molecule has 126 valence electrons. The minimum Gasteiger partial charge on any atom is -0.676 e. The summed E-state index contributed by atoms with van der Waals surface area (Å²) in [7, 11) is 1.26. The van der Waals surface area contributed by atoms with Crippen LogP contribution in [0.4, 0.5) is 0 Å². The van der Waals surface area contributed by atoms with E-state index in [0.29, 0.717) is 5.92 Å². The smallest absolute Gasteiger partial charge is 0.0726 e. The maximum atomic E-state index is 12.1. The molecule has 2 fully saturated rings. The van der Waals surface area contributed by atoms with Crippen molar-refractivity contribution in [2.75, 3.05) is 5.75 Å². The Bertz CT molecular complexity index is 362. The van der Waals surface area contributed by atoms with Gasteiger partial charge in [-0.25, -0.2) is 8.42 Å². The summed E-state index contributed by atoms with van der Waals surface area (Å²) in [6, 6.07) is -0.577. The molecule has 4 nitrogen and oxygen atoms in total. The molecule has 0 amide bonds. The molecule has 0 aromatic rings. The Morgan fingerprint density at radius 3 is 2.10 bits per heavy atom. The normalized spacial score (nSPS) is 27.1. The van der Waals surface area contributed by atoms with Gasteiger partial charge in [0.2, 0.25) is 0 Å². The Labute approximate surface area is 144 Å². The summed E-state index contributed by atoms with van der Waals surface area (Å²) < 4.78 is 28.2. The van der Waals surface area contributed by atoms with E-state index < -0.39 is 10.0 Å². The van der Waals surface area contributed by atoms with E-state index in [0.717, 1.165) is 51.4 Å². The second-order valence-electron chi connectivity index (χ2n) is 5.82. The van der Waals surface area contributed by atoms with Gasteiger partial charge in [0, 0.05) is 5.75 Å². The summed E-state index contributed by atoms with van der Waals surface area (Å²) in [6.45, 7) is 0. The molecule has 21 heavy (non-hydrogen) atoms. The quantitative estimate of drug-likeness (QED) is 0.482. The Morgan fingerprint density at radius 1 is 1.00 bits per heavy atom. The van der Waals surface area contributed by atoms with Crippen LogP contribution < -0.4 is 0 Å². The molecule has 0 aliphatic heterocycles. The predicted octanol–water partition coefficient (Wildman–Crippen LogP) is 4.77. The zero-order chi connectivity index (χ0) is 15.0. The first-order valence-corrected chi connectivity index (χ1v) is 11.2. The van der Waals surface area contributed by atoms with Gasteiger partial charge in [0.1, 0.15) is 0 Å². The third kappa shape index (κ3) is 8.27. The standard InChI is InChI=1S/C13H24N2O2S.CH3.ClH.Ru/c14-12-8-4-5-9-13(12)15-18(16,17)10-11-6-2-1-3-7-11;;;/h11-14H,1-10H2;1H3;1H;/q-2;-1;;+4/p-1. The minimum atomic E-state index is -3.31. The van der Waals surface area contributed by atoms with Crippen LogP contribution in [0.15, 0.2) is 0 Å². The molecule has 0 aromatic carbocycles. The van der Waals surface area contributed by atoms with Crippen molar-refractivity contribution in [3.8, 4) is 0 Å². The first-order valence-electron chi connectivity index (χ1n) is 7.36. The van der Waals surface area contributed by atoms with Crippen molar-refractivity contribution in [2.45, 2.75) is 69.9 Å². The number of halogens is 1. The average Bonchev–Trinajstić information content (AvgIpc) is 2.44. The summed E-state index contributed by atoms with van der Waals surface area (Å²) in [5.74, 6) is 0.524. The number of hydrogen-bond donors (Lipinski definition) is 0. The van der Waals surface area contributed by atoms with Crippen molar-refractivity contribution in [3.63, 3.8) is 0 Å². The fourth-order valence-corrected chi connectivity index (χ4v) is 4.82. The van der Waals surface area contributed by atoms with E-state index in [1.165, 1.54) is 6.42 Å². The maximum absolute atomic E-state index is 12.1. The molecule has 2 unspecified atom stereocenters. The number of nitrogens with zero attached hydrogens (tertiary/aromatic N) is 1.